The lowest BCUT2D eigenvalue weighted by Crippen LogP contribution is -2.11. The second-order valence-corrected chi connectivity index (χ2v) is 5.45. The summed E-state index contributed by atoms with van der Waals surface area (Å²) in [5.41, 5.74) is 2.96. The smallest absolute Gasteiger partial charge is 0.110 e. The summed E-state index contributed by atoms with van der Waals surface area (Å²) in [6.07, 6.45) is 0. The zero-order valence-corrected chi connectivity index (χ0v) is 10.5. The van der Waals surface area contributed by atoms with Crippen molar-refractivity contribution < 1.29 is 0 Å². The standard InChI is InChI=1S/C11H11N3S2/c1-8-11(15-7-14-8)6-13-5-10-3-2-9(4-12)16-10/h2-3,7,13H,5-6H2,1H3. The van der Waals surface area contributed by atoms with Gasteiger partial charge in [0.05, 0.1) is 11.2 Å². The van der Waals surface area contributed by atoms with Crippen molar-refractivity contribution in [3.05, 3.63) is 38.0 Å². The van der Waals surface area contributed by atoms with Crippen LogP contribution in [0.1, 0.15) is 20.3 Å². The number of nitrogens with one attached hydrogen (secondary N) is 1. The molecule has 0 radical (unpaired) electrons. The lowest BCUT2D eigenvalue weighted by atomic mass is 10.4. The van der Waals surface area contributed by atoms with Crippen LogP contribution in [0.15, 0.2) is 17.6 Å². The lowest BCUT2D eigenvalue weighted by Gasteiger charge is -2.00. The Morgan fingerprint density at radius 2 is 2.31 bits per heavy atom. The second-order valence-electron chi connectivity index (χ2n) is 3.34. The van der Waals surface area contributed by atoms with E-state index in [0.717, 1.165) is 23.7 Å². The first-order valence-electron chi connectivity index (χ1n) is 4.88. The van der Waals surface area contributed by atoms with Gasteiger partial charge in [0.1, 0.15) is 10.9 Å². The normalized spacial score (nSPS) is 10.2. The number of rotatable bonds is 4. The van der Waals surface area contributed by atoms with Gasteiger partial charge in [0.2, 0.25) is 0 Å². The third-order valence-corrected chi connectivity index (χ3v) is 4.13. The molecule has 0 spiro atoms. The minimum atomic E-state index is 0.769. The highest BCUT2D eigenvalue weighted by Gasteiger charge is 2.02. The highest BCUT2D eigenvalue weighted by Crippen LogP contribution is 2.16. The van der Waals surface area contributed by atoms with E-state index in [4.69, 9.17) is 5.26 Å². The fourth-order valence-corrected chi connectivity index (χ4v) is 2.85. The zero-order chi connectivity index (χ0) is 11.4. The Labute approximate surface area is 102 Å². The summed E-state index contributed by atoms with van der Waals surface area (Å²) < 4.78 is 0. The molecule has 1 N–H and O–H groups in total. The van der Waals surface area contributed by atoms with Crippen molar-refractivity contribution in [3.63, 3.8) is 0 Å². The Balaban J connectivity index is 1.85. The molecule has 2 heterocycles. The molecule has 0 amide bonds. The van der Waals surface area contributed by atoms with Gasteiger partial charge in [0, 0.05) is 22.8 Å². The van der Waals surface area contributed by atoms with Gasteiger partial charge in [-0.25, -0.2) is 4.98 Å². The molecule has 0 saturated carbocycles. The summed E-state index contributed by atoms with van der Waals surface area (Å²) in [7, 11) is 0. The number of thiophene rings is 1. The van der Waals surface area contributed by atoms with Crippen LogP contribution in [0, 0.1) is 18.3 Å². The number of aromatic nitrogens is 1. The summed E-state index contributed by atoms with van der Waals surface area (Å²) in [5, 5.41) is 12.1. The van der Waals surface area contributed by atoms with Gasteiger partial charge < -0.3 is 5.32 Å². The Morgan fingerprint density at radius 3 is 2.94 bits per heavy atom. The number of nitrogens with zero attached hydrogens (tertiary/aromatic N) is 2. The van der Waals surface area contributed by atoms with Gasteiger partial charge in [-0.2, -0.15) is 5.26 Å². The van der Waals surface area contributed by atoms with E-state index in [9.17, 15) is 0 Å². The van der Waals surface area contributed by atoms with Crippen molar-refractivity contribution in [1.82, 2.24) is 10.3 Å². The molecule has 82 valence electrons. The Hall–Kier alpha value is -1.22. The van der Waals surface area contributed by atoms with Crippen LogP contribution in [-0.4, -0.2) is 4.98 Å². The summed E-state index contributed by atoms with van der Waals surface area (Å²) in [6.45, 7) is 3.67. The number of thiazole rings is 1. The highest BCUT2D eigenvalue weighted by molar-refractivity contribution is 7.12. The van der Waals surface area contributed by atoms with E-state index in [0.29, 0.717) is 0 Å². The first-order valence-corrected chi connectivity index (χ1v) is 6.57. The average Bonchev–Trinajstić information content (AvgIpc) is 2.89. The first kappa shape index (κ1) is 11.3. The molecule has 0 fully saturated rings. The molecule has 2 rings (SSSR count). The number of hydrogen-bond donors (Lipinski definition) is 1. The third-order valence-electron chi connectivity index (χ3n) is 2.20. The molecule has 2 aromatic rings. The number of hydrogen-bond acceptors (Lipinski definition) is 5. The van der Waals surface area contributed by atoms with Crippen LogP contribution >= 0.6 is 22.7 Å². The molecule has 0 aliphatic carbocycles. The van der Waals surface area contributed by atoms with E-state index in [2.05, 4.69) is 16.4 Å². The van der Waals surface area contributed by atoms with E-state index in [1.165, 1.54) is 21.1 Å². The largest absolute Gasteiger partial charge is 0.307 e. The SMILES string of the molecule is Cc1ncsc1CNCc1ccc(C#N)s1. The molecule has 0 aliphatic heterocycles. The van der Waals surface area contributed by atoms with Crippen LogP contribution in [0.3, 0.4) is 0 Å². The van der Waals surface area contributed by atoms with Crippen molar-refractivity contribution in [1.29, 1.82) is 5.26 Å². The molecule has 2 aromatic heterocycles. The summed E-state index contributed by atoms with van der Waals surface area (Å²) in [4.78, 5) is 7.44. The van der Waals surface area contributed by atoms with Crippen LogP contribution in [0.25, 0.3) is 0 Å². The maximum atomic E-state index is 8.70. The van der Waals surface area contributed by atoms with Gasteiger partial charge >= 0.3 is 0 Å². The van der Waals surface area contributed by atoms with Gasteiger partial charge in [-0.15, -0.1) is 22.7 Å². The van der Waals surface area contributed by atoms with E-state index >= 15 is 0 Å². The molecule has 0 aliphatic rings. The molecule has 0 aromatic carbocycles. The topological polar surface area (TPSA) is 48.7 Å². The van der Waals surface area contributed by atoms with E-state index in [-0.39, 0.29) is 0 Å². The minimum Gasteiger partial charge on any atom is -0.307 e. The molecule has 16 heavy (non-hydrogen) atoms. The average molecular weight is 249 g/mol. The predicted octanol–water partition coefficient (Wildman–Crippen LogP) is 2.67. The van der Waals surface area contributed by atoms with Crippen molar-refractivity contribution in [2.45, 2.75) is 20.0 Å². The Morgan fingerprint density at radius 1 is 1.44 bits per heavy atom. The van der Waals surface area contributed by atoms with E-state index in [1.54, 1.807) is 11.3 Å². The van der Waals surface area contributed by atoms with Crippen molar-refractivity contribution in [2.75, 3.05) is 0 Å². The highest BCUT2D eigenvalue weighted by atomic mass is 32.1. The molecule has 0 unspecified atom stereocenters. The third kappa shape index (κ3) is 2.67. The molecule has 0 saturated heterocycles. The molecule has 0 atom stereocenters. The van der Waals surface area contributed by atoms with Gasteiger partial charge in [-0.05, 0) is 19.1 Å². The number of nitriles is 1. The van der Waals surface area contributed by atoms with E-state index in [1.807, 2.05) is 24.6 Å². The minimum absolute atomic E-state index is 0.769. The van der Waals surface area contributed by atoms with Crippen molar-refractivity contribution in [3.8, 4) is 6.07 Å². The summed E-state index contributed by atoms with van der Waals surface area (Å²) in [6, 6.07) is 6.00. The fourth-order valence-electron chi connectivity index (χ4n) is 1.33. The maximum absolute atomic E-state index is 8.70. The summed E-state index contributed by atoms with van der Waals surface area (Å²) in [5.74, 6) is 0. The van der Waals surface area contributed by atoms with E-state index < -0.39 is 0 Å². The second kappa shape index (κ2) is 5.21. The van der Waals surface area contributed by atoms with Gasteiger partial charge in [-0.3, -0.25) is 0 Å². The first-order chi connectivity index (χ1) is 7.79. The molecule has 0 bridgehead atoms. The Bertz CT molecular complexity index is 507. The summed E-state index contributed by atoms with van der Waals surface area (Å²) >= 11 is 3.21. The Kier molecular flexibility index (Phi) is 3.67. The van der Waals surface area contributed by atoms with Crippen LogP contribution in [0.2, 0.25) is 0 Å². The van der Waals surface area contributed by atoms with Gasteiger partial charge in [0.15, 0.2) is 0 Å². The quantitative estimate of drug-likeness (QED) is 0.906. The molecule has 3 nitrogen and oxygen atoms in total. The fraction of sp³-hybridized carbons (Fsp3) is 0.273. The monoisotopic (exact) mass is 249 g/mol. The van der Waals surface area contributed by atoms with Gasteiger partial charge in [-0.1, -0.05) is 0 Å². The van der Waals surface area contributed by atoms with Crippen LogP contribution < -0.4 is 5.32 Å². The van der Waals surface area contributed by atoms with Crippen molar-refractivity contribution in [2.24, 2.45) is 0 Å². The van der Waals surface area contributed by atoms with Crippen LogP contribution in [-0.2, 0) is 13.1 Å². The number of aryl methyl sites for hydroxylation is 1. The van der Waals surface area contributed by atoms with Crippen LogP contribution in [0.5, 0.6) is 0 Å². The lowest BCUT2D eigenvalue weighted by molar-refractivity contribution is 0.705. The maximum Gasteiger partial charge on any atom is 0.110 e. The molecular weight excluding hydrogens is 238 g/mol. The molecule has 5 heteroatoms. The van der Waals surface area contributed by atoms with Crippen molar-refractivity contribution >= 4 is 22.7 Å². The molecular formula is C11H11N3S2. The predicted molar refractivity (Wildman–Crippen MR) is 66.4 cm³/mol. The van der Waals surface area contributed by atoms with Crippen LogP contribution in [0.4, 0.5) is 0 Å². The zero-order valence-electron chi connectivity index (χ0n) is 8.86. The van der Waals surface area contributed by atoms with Gasteiger partial charge in [0.25, 0.3) is 0 Å².